The molecule has 0 bridgehead atoms. The third kappa shape index (κ3) is 2.30. The van der Waals surface area contributed by atoms with E-state index in [1.165, 1.54) is 11.1 Å². The first-order chi connectivity index (χ1) is 7.66. The molecule has 0 spiro atoms. The van der Waals surface area contributed by atoms with Gasteiger partial charge >= 0.3 is 0 Å². The maximum absolute atomic E-state index is 4.17. The molecular formula is C13H17N3. The van der Waals surface area contributed by atoms with Crippen LogP contribution >= 0.6 is 0 Å². The van der Waals surface area contributed by atoms with E-state index in [1.54, 1.807) is 6.33 Å². The molecule has 0 saturated carbocycles. The van der Waals surface area contributed by atoms with Crippen LogP contribution < -0.4 is 0 Å². The van der Waals surface area contributed by atoms with E-state index in [-0.39, 0.29) is 0 Å². The summed E-state index contributed by atoms with van der Waals surface area (Å²) in [5.74, 6) is 1.03. The van der Waals surface area contributed by atoms with E-state index in [1.807, 2.05) is 0 Å². The van der Waals surface area contributed by atoms with Crippen molar-refractivity contribution in [3.63, 3.8) is 0 Å². The Morgan fingerprint density at radius 3 is 2.50 bits per heavy atom. The molecule has 0 aliphatic carbocycles. The van der Waals surface area contributed by atoms with Crippen molar-refractivity contribution in [1.82, 2.24) is 14.8 Å². The second kappa shape index (κ2) is 4.47. The Hall–Kier alpha value is -1.64. The first-order valence-electron chi connectivity index (χ1n) is 5.60. The van der Waals surface area contributed by atoms with Gasteiger partial charge in [-0.25, -0.2) is 0 Å². The predicted molar refractivity (Wildman–Crippen MR) is 64.4 cm³/mol. The molecule has 0 aliphatic rings. The molecule has 1 aromatic carbocycles. The van der Waals surface area contributed by atoms with Gasteiger partial charge in [0.2, 0.25) is 0 Å². The van der Waals surface area contributed by atoms with Crippen LogP contribution in [0.4, 0.5) is 0 Å². The molecule has 3 heteroatoms. The van der Waals surface area contributed by atoms with Gasteiger partial charge in [0.25, 0.3) is 0 Å². The standard InChI is InChI=1S/C13H17N3/c1-10(2)16-9-14-15-13(16)8-12-6-4-11(3)5-7-12/h4-7,9-10H,8H2,1-3H3. The molecule has 0 saturated heterocycles. The molecule has 0 radical (unpaired) electrons. The molecule has 0 unspecified atom stereocenters. The van der Waals surface area contributed by atoms with Crippen molar-refractivity contribution in [2.75, 3.05) is 0 Å². The summed E-state index contributed by atoms with van der Waals surface area (Å²) in [6.45, 7) is 6.38. The normalized spacial score (nSPS) is 11.0. The SMILES string of the molecule is Cc1ccc(Cc2nncn2C(C)C)cc1. The zero-order valence-corrected chi connectivity index (χ0v) is 10.0. The average Bonchev–Trinajstić information content (AvgIpc) is 2.69. The second-order valence-electron chi connectivity index (χ2n) is 4.41. The summed E-state index contributed by atoms with van der Waals surface area (Å²) in [7, 11) is 0. The molecule has 0 amide bonds. The number of benzene rings is 1. The third-order valence-corrected chi connectivity index (χ3v) is 2.69. The van der Waals surface area contributed by atoms with Gasteiger partial charge in [0.05, 0.1) is 0 Å². The van der Waals surface area contributed by atoms with Crippen LogP contribution in [0.15, 0.2) is 30.6 Å². The molecule has 2 aromatic rings. The van der Waals surface area contributed by atoms with Crippen molar-refractivity contribution < 1.29 is 0 Å². The molecule has 0 aliphatic heterocycles. The Kier molecular flexibility index (Phi) is 3.04. The minimum Gasteiger partial charge on any atom is -0.315 e. The van der Waals surface area contributed by atoms with Crippen LogP contribution in [0.1, 0.15) is 36.8 Å². The largest absolute Gasteiger partial charge is 0.315 e. The van der Waals surface area contributed by atoms with Gasteiger partial charge < -0.3 is 4.57 Å². The first-order valence-corrected chi connectivity index (χ1v) is 5.60. The van der Waals surface area contributed by atoms with Crippen molar-refractivity contribution in [1.29, 1.82) is 0 Å². The van der Waals surface area contributed by atoms with Crippen LogP contribution in [0.3, 0.4) is 0 Å². The zero-order chi connectivity index (χ0) is 11.5. The van der Waals surface area contributed by atoms with Crippen LogP contribution in [-0.4, -0.2) is 14.8 Å². The quantitative estimate of drug-likeness (QED) is 0.788. The summed E-state index contributed by atoms with van der Waals surface area (Å²) in [6.07, 6.45) is 2.65. The Bertz CT molecular complexity index is 454. The summed E-state index contributed by atoms with van der Waals surface area (Å²) in [6, 6.07) is 8.97. The Balaban J connectivity index is 2.20. The van der Waals surface area contributed by atoms with E-state index in [0.29, 0.717) is 6.04 Å². The maximum Gasteiger partial charge on any atom is 0.137 e. The molecule has 0 fully saturated rings. The monoisotopic (exact) mass is 215 g/mol. The number of rotatable bonds is 3. The minimum atomic E-state index is 0.412. The first kappa shape index (κ1) is 10.9. The van der Waals surface area contributed by atoms with Crippen molar-refractivity contribution in [3.05, 3.63) is 47.5 Å². The summed E-state index contributed by atoms with van der Waals surface area (Å²) < 4.78 is 2.11. The lowest BCUT2D eigenvalue weighted by Crippen LogP contribution is -2.05. The fourth-order valence-electron chi connectivity index (χ4n) is 1.71. The lowest BCUT2D eigenvalue weighted by Gasteiger charge is -2.09. The van der Waals surface area contributed by atoms with E-state index < -0.39 is 0 Å². The third-order valence-electron chi connectivity index (χ3n) is 2.69. The summed E-state index contributed by atoms with van der Waals surface area (Å²) in [4.78, 5) is 0. The molecule has 0 N–H and O–H groups in total. The number of hydrogen-bond donors (Lipinski definition) is 0. The molecular weight excluding hydrogens is 198 g/mol. The Morgan fingerprint density at radius 1 is 1.19 bits per heavy atom. The van der Waals surface area contributed by atoms with Gasteiger partial charge in [0.1, 0.15) is 12.2 Å². The zero-order valence-electron chi connectivity index (χ0n) is 10.0. The van der Waals surface area contributed by atoms with Gasteiger partial charge in [0.15, 0.2) is 0 Å². The summed E-state index contributed by atoms with van der Waals surface area (Å²) >= 11 is 0. The Labute approximate surface area is 96.1 Å². The molecule has 84 valence electrons. The lowest BCUT2D eigenvalue weighted by molar-refractivity contribution is 0.574. The van der Waals surface area contributed by atoms with Crippen LogP contribution in [-0.2, 0) is 6.42 Å². The number of aromatic nitrogens is 3. The second-order valence-corrected chi connectivity index (χ2v) is 4.41. The number of hydrogen-bond acceptors (Lipinski definition) is 2. The summed E-state index contributed by atoms with van der Waals surface area (Å²) in [5.41, 5.74) is 2.56. The van der Waals surface area contributed by atoms with Gasteiger partial charge in [-0.1, -0.05) is 29.8 Å². The molecule has 2 rings (SSSR count). The maximum atomic E-state index is 4.17. The van der Waals surface area contributed by atoms with Crippen molar-refractivity contribution in [3.8, 4) is 0 Å². The molecule has 1 aromatic heterocycles. The van der Waals surface area contributed by atoms with Crippen molar-refractivity contribution in [2.45, 2.75) is 33.2 Å². The van der Waals surface area contributed by atoms with Gasteiger partial charge in [0, 0.05) is 12.5 Å². The smallest absolute Gasteiger partial charge is 0.137 e. The van der Waals surface area contributed by atoms with Gasteiger partial charge in [-0.05, 0) is 26.3 Å². The minimum absolute atomic E-state index is 0.412. The van der Waals surface area contributed by atoms with Crippen LogP contribution in [0.5, 0.6) is 0 Å². The average molecular weight is 215 g/mol. The van der Waals surface area contributed by atoms with Crippen molar-refractivity contribution >= 4 is 0 Å². The highest BCUT2D eigenvalue weighted by molar-refractivity contribution is 5.23. The number of nitrogens with zero attached hydrogens (tertiary/aromatic N) is 3. The molecule has 0 atom stereocenters. The highest BCUT2D eigenvalue weighted by atomic mass is 15.3. The van der Waals surface area contributed by atoms with E-state index in [0.717, 1.165) is 12.2 Å². The highest BCUT2D eigenvalue weighted by Crippen LogP contribution is 2.12. The predicted octanol–water partition coefficient (Wildman–Crippen LogP) is 2.76. The molecule has 3 nitrogen and oxygen atoms in total. The lowest BCUT2D eigenvalue weighted by atomic mass is 10.1. The van der Waals surface area contributed by atoms with E-state index in [4.69, 9.17) is 0 Å². The van der Waals surface area contributed by atoms with Gasteiger partial charge in [-0.3, -0.25) is 0 Å². The van der Waals surface area contributed by atoms with E-state index >= 15 is 0 Å². The topological polar surface area (TPSA) is 30.7 Å². The summed E-state index contributed by atoms with van der Waals surface area (Å²) in [5, 5.41) is 8.14. The van der Waals surface area contributed by atoms with Crippen molar-refractivity contribution in [2.24, 2.45) is 0 Å². The van der Waals surface area contributed by atoms with Crippen LogP contribution in [0, 0.1) is 6.92 Å². The van der Waals surface area contributed by atoms with Gasteiger partial charge in [-0.15, -0.1) is 10.2 Å². The Morgan fingerprint density at radius 2 is 1.88 bits per heavy atom. The molecule has 16 heavy (non-hydrogen) atoms. The highest BCUT2D eigenvalue weighted by Gasteiger charge is 2.07. The van der Waals surface area contributed by atoms with Crippen LogP contribution in [0.25, 0.3) is 0 Å². The fraction of sp³-hybridized carbons (Fsp3) is 0.385. The number of aryl methyl sites for hydroxylation is 1. The fourth-order valence-corrected chi connectivity index (χ4v) is 1.71. The van der Waals surface area contributed by atoms with E-state index in [2.05, 4.69) is 59.8 Å². The van der Waals surface area contributed by atoms with E-state index in [9.17, 15) is 0 Å². The van der Waals surface area contributed by atoms with Crippen LogP contribution in [0.2, 0.25) is 0 Å². The molecule has 1 heterocycles. The van der Waals surface area contributed by atoms with Gasteiger partial charge in [-0.2, -0.15) is 0 Å².